The SMILES string of the molecule is CC/C=C\C/C=C\C/C=C\C/C=C\C/C=C\C/C=C\C/C=C\C/C=C\C/C=C\C/C=C\CCCCCCCCC(=O)OC(COC(=O)CCCCCCCCCCCCCCCCCCC/C=C\CCCCCCCCCC)COP(=O)(O)OCC[N+](C)(C)C. The van der Waals surface area contributed by atoms with Crippen molar-refractivity contribution in [1.29, 1.82) is 0 Å². The topological polar surface area (TPSA) is 108 Å². The Morgan fingerprint density at radius 1 is 0.356 bits per heavy atom. The summed E-state index contributed by atoms with van der Waals surface area (Å²) in [7, 11) is 1.46. The Morgan fingerprint density at radius 3 is 0.956 bits per heavy atom. The highest BCUT2D eigenvalue weighted by Crippen LogP contribution is 2.43. The number of esters is 2. The van der Waals surface area contributed by atoms with Crippen LogP contribution in [-0.2, 0) is 32.7 Å². The molecule has 0 aromatic carbocycles. The zero-order chi connectivity index (χ0) is 65.5. The van der Waals surface area contributed by atoms with Crippen LogP contribution >= 0.6 is 7.82 Å². The van der Waals surface area contributed by atoms with Crippen molar-refractivity contribution in [1.82, 2.24) is 0 Å². The quantitative estimate of drug-likeness (QED) is 0.0211. The van der Waals surface area contributed by atoms with Crippen LogP contribution in [0, 0.1) is 0 Å². The minimum Gasteiger partial charge on any atom is -0.462 e. The van der Waals surface area contributed by atoms with Gasteiger partial charge in [-0.15, -0.1) is 0 Å². The number of ether oxygens (including phenoxy) is 2. The van der Waals surface area contributed by atoms with Crippen molar-refractivity contribution in [3.63, 3.8) is 0 Å². The summed E-state index contributed by atoms with van der Waals surface area (Å²) in [6, 6.07) is 0. The van der Waals surface area contributed by atoms with E-state index in [-0.39, 0.29) is 32.0 Å². The van der Waals surface area contributed by atoms with Gasteiger partial charge in [0.25, 0.3) is 0 Å². The number of allylic oxidation sites excluding steroid dienone is 22. The normalized spacial score (nSPS) is 13.9. The predicted molar refractivity (Wildman–Crippen MR) is 390 cm³/mol. The average Bonchev–Trinajstić information content (AvgIpc) is 3.58. The molecule has 2 unspecified atom stereocenters. The van der Waals surface area contributed by atoms with Gasteiger partial charge >= 0.3 is 19.8 Å². The molecule has 0 aliphatic carbocycles. The van der Waals surface area contributed by atoms with Gasteiger partial charge in [0.1, 0.15) is 19.8 Å². The van der Waals surface area contributed by atoms with Gasteiger partial charge in [-0.1, -0.05) is 314 Å². The van der Waals surface area contributed by atoms with Gasteiger partial charge in [-0.05, 0) is 116 Å². The average molecular weight is 1270 g/mol. The van der Waals surface area contributed by atoms with E-state index in [1.54, 1.807) is 0 Å². The van der Waals surface area contributed by atoms with Crippen LogP contribution < -0.4 is 0 Å². The maximum atomic E-state index is 12.9. The lowest BCUT2D eigenvalue weighted by atomic mass is 10.0. The van der Waals surface area contributed by atoms with Crippen molar-refractivity contribution in [3.8, 4) is 0 Å². The molecule has 0 aromatic rings. The number of quaternary nitrogens is 1. The molecule has 0 saturated carbocycles. The smallest absolute Gasteiger partial charge is 0.462 e. The first-order valence-corrected chi connectivity index (χ1v) is 38.4. The van der Waals surface area contributed by atoms with Gasteiger partial charge in [-0.3, -0.25) is 18.6 Å². The molecule has 10 heteroatoms. The predicted octanol–water partition coefficient (Wildman–Crippen LogP) is 24.4. The molecule has 0 spiro atoms. The summed E-state index contributed by atoms with van der Waals surface area (Å²) in [4.78, 5) is 35.9. The highest BCUT2D eigenvalue weighted by molar-refractivity contribution is 7.47. The van der Waals surface area contributed by atoms with Crippen molar-refractivity contribution in [3.05, 3.63) is 134 Å². The van der Waals surface area contributed by atoms with Crippen LogP contribution in [0.2, 0.25) is 0 Å². The molecule has 0 saturated heterocycles. The summed E-state index contributed by atoms with van der Waals surface area (Å²) >= 11 is 0. The second-order valence-electron chi connectivity index (χ2n) is 25.6. The molecule has 0 rings (SSSR count). The van der Waals surface area contributed by atoms with Crippen molar-refractivity contribution in [2.45, 2.75) is 315 Å². The number of hydrogen-bond acceptors (Lipinski definition) is 7. The second kappa shape index (κ2) is 69.5. The summed E-state index contributed by atoms with van der Waals surface area (Å²) in [6.07, 6.45) is 101. The number of unbranched alkanes of at least 4 members (excludes halogenated alkanes) is 31. The Morgan fingerprint density at radius 2 is 0.633 bits per heavy atom. The van der Waals surface area contributed by atoms with Crippen LogP contribution in [0.25, 0.3) is 0 Å². The number of likely N-dealkylation sites (N-methyl/N-ethyl adjacent to an activating group) is 1. The fourth-order valence-electron chi connectivity index (χ4n) is 10.0. The molecule has 0 bridgehead atoms. The van der Waals surface area contributed by atoms with E-state index < -0.39 is 26.5 Å². The zero-order valence-corrected chi connectivity index (χ0v) is 59.7. The van der Waals surface area contributed by atoms with E-state index in [0.717, 1.165) is 122 Å². The van der Waals surface area contributed by atoms with Gasteiger partial charge in [0.05, 0.1) is 27.7 Å². The summed E-state index contributed by atoms with van der Waals surface area (Å²) in [5.41, 5.74) is 0. The van der Waals surface area contributed by atoms with Gasteiger partial charge in [0.2, 0.25) is 0 Å². The van der Waals surface area contributed by atoms with E-state index in [9.17, 15) is 19.0 Å². The highest BCUT2D eigenvalue weighted by atomic mass is 31.2. The minimum atomic E-state index is -4.41. The van der Waals surface area contributed by atoms with Crippen molar-refractivity contribution >= 4 is 19.8 Å². The van der Waals surface area contributed by atoms with Gasteiger partial charge in [0, 0.05) is 12.8 Å². The summed E-state index contributed by atoms with van der Waals surface area (Å²) in [5.74, 6) is -0.812. The number of hydrogen-bond donors (Lipinski definition) is 1. The number of phosphoric ester groups is 1. The molecular weight excluding hydrogens is 1130 g/mol. The maximum absolute atomic E-state index is 12.9. The van der Waals surface area contributed by atoms with Crippen LogP contribution in [0.15, 0.2) is 134 Å². The van der Waals surface area contributed by atoms with Gasteiger partial charge in [0.15, 0.2) is 6.10 Å². The molecule has 9 nitrogen and oxygen atoms in total. The van der Waals surface area contributed by atoms with E-state index in [0.29, 0.717) is 17.4 Å². The molecule has 0 fully saturated rings. The van der Waals surface area contributed by atoms with Crippen LogP contribution in [0.4, 0.5) is 0 Å². The molecule has 0 heterocycles. The van der Waals surface area contributed by atoms with Crippen LogP contribution in [0.5, 0.6) is 0 Å². The molecule has 1 N–H and O–H groups in total. The lowest BCUT2D eigenvalue weighted by Crippen LogP contribution is -2.37. The van der Waals surface area contributed by atoms with E-state index in [1.807, 2.05) is 21.1 Å². The summed E-state index contributed by atoms with van der Waals surface area (Å²) in [5, 5.41) is 0. The van der Waals surface area contributed by atoms with Crippen molar-refractivity contribution in [2.75, 3.05) is 47.5 Å². The Balaban J connectivity index is 4.11. The zero-order valence-electron chi connectivity index (χ0n) is 58.8. The van der Waals surface area contributed by atoms with Crippen LogP contribution in [0.3, 0.4) is 0 Å². The Bertz CT molecular complexity index is 1980. The Hall–Kier alpha value is -3.85. The molecule has 0 amide bonds. The molecule has 2 atom stereocenters. The number of carbonyl (C=O) groups excluding carboxylic acids is 2. The largest absolute Gasteiger partial charge is 0.472 e. The lowest BCUT2D eigenvalue weighted by Gasteiger charge is -2.24. The third kappa shape index (κ3) is 73.2. The minimum absolute atomic E-state index is 0.0232. The summed E-state index contributed by atoms with van der Waals surface area (Å²) < 4.78 is 34.7. The molecule has 0 radical (unpaired) electrons. The van der Waals surface area contributed by atoms with Crippen LogP contribution in [-0.4, -0.2) is 74.9 Å². The van der Waals surface area contributed by atoms with Crippen molar-refractivity contribution < 1.29 is 42.1 Å². The molecule has 516 valence electrons. The van der Waals surface area contributed by atoms with Gasteiger partial charge in [-0.25, -0.2) is 4.57 Å². The first kappa shape index (κ1) is 86.2. The Kier molecular flexibility index (Phi) is 66.5. The fraction of sp³-hybridized carbons (Fsp3) is 0.700. The first-order chi connectivity index (χ1) is 44.0. The number of rotatable bonds is 67. The second-order valence-corrected chi connectivity index (χ2v) is 27.0. The van der Waals surface area contributed by atoms with E-state index in [4.69, 9.17) is 18.5 Å². The van der Waals surface area contributed by atoms with E-state index in [1.165, 1.54) is 154 Å². The maximum Gasteiger partial charge on any atom is 0.472 e. The number of nitrogens with zero attached hydrogens (tertiary/aromatic N) is 1. The highest BCUT2D eigenvalue weighted by Gasteiger charge is 2.27. The molecule has 0 aliphatic heterocycles. The monoisotopic (exact) mass is 1270 g/mol. The number of phosphoric acid groups is 1. The molecule has 90 heavy (non-hydrogen) atoms. The Labute approximate surface area is 555 Å². The standard InChI is InChI=1S/C80H138NO8P/c1-6-8-10-12-14-16-18-20-22-24-26-28-30-32-34-36-37-38-39-40-41-42-43-45-47-49-51-53-55-57-59-61-63-65-67-69-71-73-80(83)89-78(77-88-90(84,85)87-75-74-81(3,4)5)76-86-79(82)72-70-68-66-64-62-60-58-56-54-52-50-48-46-44-35-33-31-29-27-25-23-21-19-17-15-13-11-9-7-2/h8,10,14,16,20,22,25-28,32,34,37-38,40-41,43,45,49,51,55,57,78H,6-7,9,11-13,15,17-19,21,23-24,29-31,33,35-36,39,42,44,46-48,50,52-54,56,58-77H2,1-5H3/p+1/b10-8-,16-14-,22-20-,27-25-,28-26-,34-32-,38-37-,41-40-,45-43-,51-49-,57-55-. The first-order valence-electron chi connectivity index (χ1n) is 36.9. The van der Waals surface area contributed by atoms with E-state index in [2.05, 4.69) is 148 Å². The van der Waals surface area contributed by atoms with Gasteiger partial charge in [-0.2, -0.15) is 0 Å². The molecule has 0 aliphatic rings. The third-order valence-electron chi connectivity index (χ3n) is 15.7. The molecule has 0 aromatic heterocycles. The fourth-order valence-corrected chi connectivity index (χ4v) is 10.8. The third-order valence-corrected chi connectivity index (χ3v) is 16.6. The molecular formula is C80H139NO8P+. The van der Waals surface area contributed by atoms with Crippen LogP contribution in [0.1, 0.15) is 309 Å². The lowest BCUT2D eigenvalue weighted by molar-refractivity contribution is -0.870. The van der Waals surface area contributed by atoms with Crippen molar-refractivity contribution in [2.24, 2.45) is 0 Å². The number of carbonyl (C=O) groups is 2. The van der Waals surface area contributed by atoms with E-state index >= 15 is 0 Å². The summed E-state index contributed by atoms with van der Waals surface area (Å²) in [6.45, 7) is 4.32. The van der Waals surface area contributed by atoms with Gasteiger partial charge < -0.3 is 18.9 Å².